The van der Waals surface area contributed by atoms with Crippen LogP contribution in [-0.4, -0.2) is 28.4 Å². The summed E-state index contributed by atoms with van der Waals surface area (Å²) in [6, 6.07) is 7.66. The number of nitrogens with one attached hydrogen (secondary N) is 1. The summed E-state index contributed by atoms with van der Waals surface area (Å²) in [6.45, 7) is 1.99. The van der Waals surface area contributed by atoms with Gasteiger partial charge in [0, 0.05) is 17.3 Å². The number of nitrogens with two attached hydrogens (primary N) is 1. The van der Waals surface area contributed by atoms with Crippen molar-refractivity contribution in [3.63, 3.8) is 0 Å². The molecule has 6 nitrogen and oxygen atoms in total. The standard InChI is InChI=1S/C16H18N4O2S2/c1-16(5-7-23-14(17)20-16)11-3-2-4-12(9-11)22-10-13(21)19-15-18-6-8-24-15/h2-4,6,8-9H,5,7,10H2,1H3,(H2,17,20)(H,18,19,21). The Labute approximate surface area is 148 Å². The lowest BCUT2D eigenvalue weighted by atomic mass is 9.90. The topological polar surface area (TPSA) is 89.6 Å². The molecule has 1 aliphatic rings. The Bertz CT molecular complexity index is 748. The summed E-state index contributed by atoms with van der Waals surface area (Å²) in [4.78, 5) is 20.5. The molecule has 24 heavy (non-hydrogen) atoms. The summed E-state index contributed by atoms with van der Waals surface area (Å²) in [7, 11) is 0. The summed E-state index contributed by atoms with van der Waals surface area (Å²) in [5, 5.41) is 5.66. The number of aromatic nitrogens is 1. The third-order valence-corrected chi connectivity index (χ3v) is 5.18. The highest BCUT2D eigenvalue weighted by molar-refractivity contribution is 8.13. The number of hydrogen-bond donors (Lipinski definition) is 2. The number of amidine groups is 1. The summed E-state index contributed by atoms with van der Waals surface area (Å²) in [5.74, 6) is 1.33. The number of hydrogen-bond acceptors (Lipinski definition) is 7. The number of rotatable bonds is 5. The predicted octanol–water partition coefficient (Wildman–Crippen LogP) is 2.83. The Morgan fingerprint density at radius 3 is 3.12 bits per heavy atom. The van der Waals surface area contributed by atoms with Crippen molar-refractivity contribution in [1.82, 2.24) is 4.98 Å². The lowest BCUT2D eigenvalue weighted by Gasteiger charge is -2.30. The molecule has 2 heterocycles. The van der Waals surface area contributed by atoms with Crippen molar-refractivity contribution >= 4 is 39.3 Å². The third-order valence-electron chi connectivity index (χ3n) is 3.70. The smallest absolute Gasteiger partial charge is 0.264 e. The first-order valence-electron chi connectivity index (χ1n) is 7.46. The van der Waals surface area contributed by atoms with E-state index in [0.29, 0.717) is 16.0 Å². The van der Waals surface area contributed by atoms with Gasteiger partial charge in [-0.3, -0.25) is 15.1 Å². The van der Waals surface area contributed by atoms with E-state index >= 15 is 0 Å². The largest absolute Gasteiger partial charge is 0.484 e. The molecule has 0 saturated carbocycles. The van der Waals surface area contributed by atoms with Crippen LogP contribution in [0.5, 0.6) is 5.75 Å². The lowest BCUT2D eigenvalue weighted by Crippen LogP contribution is -2.28. The summed E-state index contributed by atoms with van der Waals surface area (Å²) in [5.41, 5.74) is 6.55. The molecular formula is C16H18N4O2S2. The first-order chi connectivity index (χ1) is 11.5. The zero-order chi connectivity index (χ0) is 17.0. The Kier molecular flexibility index (Phi) is 5.06. The molecular weight excluding hydrogens is 344 g/mol. The minimum atomic E-state index is -0.349. The van der Waals surface area contributed by atoms with Crippen LogP contribution in [0.15, 0.2) is 40.8 Å². The van der Waals surface area contributed by atoms with Crippen molar-refractivity contribution in [2.24, 2.45) is 10.7 Å². The van der Waals surface area contributed by atoms with Gasteiger partial charge in [-0.25, -0.2) is 4.98 Å². The molecule has 0 saturated heterocycles. The van der Waals surface area contributed by atoms with Crippen LogP contribution in [0.4, 0.5) is 5.13 Å². The van der Waals surface area contributed by atoms with Crippen LogP contribution in [0.25, 0.3) is 0 Å². The van der Waals surface area contributed by atoms with Gasteiger partial charge in [-0.05, 0) is 31.0 Å². The number of thioether (sulfide) groups is 1. The molecule has 0 radical (unpaired) electrons. The maximum absolute atomic E-state index is 11.9. The maximum atomic E-state index is 11.9. The number of carbonyl (C=O) groups is 1. The number of amides is 1. The van der Waals surface area contributed by atoms with Gasteiger partial charge in [0.1, 0.15) is 5.75 Å². The number of aliphatic imine (C=N–C) groups is 1. The highest BCUT2D eigenvalue weighted by atomic mass is 32.2. The second-order valence-corrected chi connectivity index (χ2v) is 7.53. The van der Waals surface area contributed by atoms with Gasteiger partial charge in [-0.2, -0.15) is 0 Å². The van der Waals surface area contributed by atoms with E-state index in [1.807, 2.05) is 24.3 Å². The summed E-state index contributed by atoms with van der Waals surface area (Å²) in [6.07, 6.45) is 2.55. The number of nitrogens with zero attached hydrogens (tertiary/aromatic N) is 2. The van der Waals surface area contributed by atoms with Gasteiger partial charge < -0.3 is 10.5 Å². The average Bonchev–Trinajstić information content (AvgIpc) is 3.06. The van der Waals surface area contributed by atoms with Crippen LogP contribution in [0.3, 0.4) is 0 Å². The van der Waals surface area contributed by atoms with E-state index < -0.39 is 0 Å². The molecule has 0 bridgehead atoms. The molecule has 1 aromatic heterocycles. The fraction of sp³-hybridized carbons (Fsp3) is 0.312. The van der Waals surface area contributed by atoms with E-state index in [4.69, 9.17) is 10.5 Å². The van der Waals surface area contributed by atoms with Crippen molar-refractivity contribution in [2.45, 2.75) is 18.9 Å². The zero-order valence-electron chi connectivity index (χ0n) is 13.2. The molecule has 8 heteroatoms. The molecule has 1 aliphatic heterocycles. The zero-order valence-corrected chi connectivity index (χ0v) is 14.8. The van der Waals surface area contributed by atoms with Crippen LogP contribution < -0.4 is 15.8 Å². The van der Waals surface area contributed by atoms with Gasteiger partial charge in [-0.15, -0.1) is 11.3 Å². The van der Waals surface area contributed by atoms with Gasteiger partial charge in [0.25, 0.3) is 5.91 Å². The van der Waals surface area contributed by atoms with E-state index in [1.54, 1.807) is 23.3 Å². The second kappa shape index (κ2) is 7.23. The molecule has 1 atom stereocenters. The first-order valence-corrected chi connectivity index (χ1v) is 9.32. The summed E-state index contributed by atoms with van der Waals surface area (Å²) >= 11 is 2.94. The van der Waals surface area contributed by atoms with E-state index in [2.05, 4.69) is 22.2 Å². The molecule has 0 aliphatic carbocycles. The van der Waals surface area contributed by atoms with Gasteiger partial charge in [-0.1, -0.05) is 23.9 Å². The van der Waals surface area contributed by atoms with Crippen LogP contribution >= 0.6 is 23.1 Å². The number of carbonyl (C=O) groups excluding carboxylic acids is 1. The fourth-order valence-corrected chi connectivity index (χ4v) is 3.92. The third kappa shape index (κ3) is 4.07. The maximum Gasteiger partial charge on any atom is 0.264 e. The molecule has 126 valence electrons. The van der Waals surface area contributed by atoms with Crippen LogP contribution in [0.1, 0.15) is 18.9 Å². The van der Waals surface area contributed by atoms with Crippen molar-refractivity contribution in [3.05, 3.63) is 41.4 Å². The van der Waals surface area contributed by atoms with Crippen molar-refractivity contribution in [1.29, 1.82) is 0 Å². The Morgan fingerprint density at radius 1 is 1.50 bits per heavy atom. The molecule has 0 spiro atoms. The SMILES string of the molecule is CC1(c2cccc(OCC(=O)Nc3nccs3)c2)CCSC(N)=N1. The van der Waals surface area contributed by atoms with Gasteiger partial charge in [0.2, 0.25) is 0 Å². The average molecular weight is 362 g/mol. The number of ether oxygens (including phenoxy) is 1. The quantitative estimate of drug-likeness (QED) is 0.854. The van der Waals surface area contributed by atoms with Gasteiger partial charge in [0.05, 0.1) is 5.54 Å². The van der Waals surface area contributed by atoms with Crippen molar-refractivity contribution in [3.8, 4) is 5.75 Å². The first kappa shape index (κ1) is 16.8. The van der Waals surface area contributed by atoms with Gasteiger partial charge in [0.15, 0.2) is 16.9 Å². The molecule has 1 aromatic carbocycles. The van der Waals surface area contributed by atoms with E-state index in [-0.39, 0.29) is 18.1 Å². The van der Waals surface area contributed by atoms with Crippen molar-refractivity contribution in [2.75, 3.05) is 17.7 Å². The van der Waals surface area contributed by atoms with Gasteiger partial charge >= 0.3 is 0 Å². The monoisotopic (exact) mass is 362 g/mol. The van der Waals surface area contributed by atoms with Crippen LogP contribution in [-0.2, 0) is 10.3 Å². The molecule has 0 fully saturated rings. The minimum absolute atomic E-state index is 0.0684. The minimum Gasteiger partial charge on any atom is -0.484 e. The highest BCUT2D eigenvalue weighted by Gasteiger charge is 2.29. The lowest BCUT2D eigenvalue weighted by molar-refractivity contribution is -0.118. The van der Waals surface area contributed by atoms with Crippen LogP contribution in [0, 0.1) is 0 Å². The number of anilines is 1. The van der Waals surface area contributed by atoms with E-state index in [0.717, 1.165) is 17.7 Å². The van der Waals surface area contributed by atoms with E-state index in [1.165, 1.54) is 11.3 Å². The molecule has 1 unspecified atom stereocenters. The van der Waals surface area contributed by atoms with Crippen molar-refractivity contribution < 1.29 is 9.53 Å². The fourth-order valence-electron chi connectivity index (χ4n) is 2.40. The number of thiazole rings is 1. The Morgan fingerprint density at radius 2 is 2.38 bits per heavy atom. The molecule has 1 amide bonds. The summed E-state index contributed by atoms with van der Waals surface area (Å²) < 4.78 is 5.60. The Balaban J connectivity index is 1.65. The molecule has 3 rings (SSSR count). The second-order valence-electron chi connectivity index (χ2n) is 5.52. The number of benzene rings is 1. The normalized spacial score (nSPS) is 20.3. The van der Waals surface area contributed by atoms with E-state index in [9.17, 15) is 4.79 Å². The molecule has 3 N–H and O–H groups in total. The van der Waals surface area contributed by atoms with Crippen LogP contribution in [0.2, 0.25) is 0 Å². The predicted molar refractivity (Wildman–Crippen MR) is 98.7 cm³/mol. The molecule has 2 aromatic rings. The highest BCUT2D eigenvalue weighted by Crippen LogP contribution is 2.36. The Hall–Kier alpha value is -2.06.